The molecule has 4 unspecified atom stereocenters. The van der Waals surface area contributed by atoms with E-state index in [1.807, 2.05) is 0 Å². The van der Waals surface area contributed by atoms with Crippen molar-refractivity contribution in [3.63, 3.8) is 0 Å². The highest BCUT2D eigenvalue weighted by Gasteiger charge is 2.62. The average Bonchev–Trinajstić information content (AvgIpc) is 3.31. The fourth-order valence-corrected chi connectivity index (χ4v) is 6.05. The Bertz CT molecular complexity index is 794. The molecule has 0 aromatic heterocycles. The fourth-order valence-electron chi connectivity index (χ4n) is 6.05. The molecule has 2 fully saturated rings. The van der Waals surface area contributed by atoms with Crippen LogP contribution in [0.25, 0.3) is 0 Å². The van der Waals surface area contributed by atoms with E-state index in [9.17, 15) is 29.4 Å². The van der Waals surface area contributed by atoms with Crippen LogP contribution in [-0.4, -0.2) is 34.1 Å². The average molecular weight is 374 g/mol. The standard InChI is InChI=1S/C20H22O7/c1-9-11-3-5-19(7-11,13(9)15(21)22)17(25)27-18(26)20-6-4-12(8-20)10(2)14(20)16(23)24/h11-12H,3-8H2,1-2H3,(H,21,22)(H,23,24). The number of hydrogen-bond donors (Lipinski definition) is 2. The van der Waals surface area contributed by atoms with Gasteiger partial charge in [0.1, 0.15) is 10.8 Å². The molecule has 2 saturated carbocycles. The van der Waals surface area contributed by atoms with Gasteiger partial charge in [0.05, 0.1) is 11.1 Å². The molecule has 0 aliphatic heterocycles. The van der Waals surface area contributed by atoms with Gasteiger partial charge in [-0.1, -0.05) is 11.1 Å². The van der Waals surface area contributed by atoms with Gasteiger partial charge in [-0.15, -0.1) is 0 Å². The molecule has 0 spiro atoms. The maximum absolute atomic E-state index is 13.0. The number of allylic oxidation sites excluding steroid dienone is 2. The summed E-state index contributed by atoms with van der Waals surface area (Å²) >= 11 is 0. The summed E-state index contributed by atoms with van der Waals surface area (Å²) in [6, 6.07) is 0. The Morgan fingerprint density at radius 2 is 1.19 bits per heavy atom. The summed E-state index contributed by atoms with van der Waals surface area (Å²) in [5, 5.41) is 19.2. The molecule has 27 heavy (non-hydrogen) atoms. The Labute approximate surface area is 156 Å². The lowest BCUT2D eigenvalue weighted by Crippen LogP contribution is -2.41. The molecule has 4 aliphatic carbocycles. The molecule has 2 N–H and O–H groups in total. The van der Waals surface area contributed by atoms with Gasteiger partial charge in [-0.3, -0.25) is 9.59 Å². The first-order valence-electron chi connectivity index (χ1n) is 9.30. The lowest BCUT2D eigenvalue weighted by atomic mass is 9.77. The van der Waals surface area contributed by atoms with Crippen LogP contribution < -0.4 is 0 Å². The van der Waals surface area contributed by atoms with Crippen LogP contribution >= 0.6 is 0 Å². The van der Waals surface area contributed by atoms with Crippen molar-refractivity contribution in [2.24, 2.45) is 22.7 Å². The third-order valence-electron chi connectivity index (χ3n) is 7.39. The van der Waals surface area contributed by atoms with Crippen LogP contribution in [0.1, 0.15) is 52.4 Å². The van der Waals surface area contributed by atoms with Gasteiger partial charge in [0, 0.05) is 0 Å². The van der Waals surface area contributed by atoms with Crippen molar-refractivity contribution in [3.05, 3.63) is 22.3 Å². The number of carbonyl (C=O) groups is 4. The maximum atomic E-state index is 13.0. The highest BCUT2D eigenvalue weighted by Crippen LogP contribution is 2.60. The number of carbonyl (C=O) groups excluding carboxylic acids is 2. The highest BCUT2D eigenvalue weighted by atomic mass is 16.6. The van der Waals surface area contributed by atoms with E-state index in [1.165, 1.54) is 0 Å². The van der Waals surface area contributed by atoms with Crippen LogP contribution in [0, 0.1) is 22.7 Å². The first kappa shape index (κ1) is 17.9. The normalized spacial score (nSPS) is 36.5. The Morgan fingerprint density at radius 1 is 0.815 bits per heavy atom. The zero-order valence-electron chi connectivity index (χ0n) is 15.3. The second-order valence-corrected chi connectivity index (χ2v) is 8.45. The molecule has 4 atom stereocenters. The monoisotopic (exact) mass is 374 g/mol. The molecule has 4 rings (SSSR count). The molecule has 4 bridgehead atoms. The van der Waals surface area contributed by atoms with Crippen LogP contribution in [0.2, 0.25) is 0 Å². The van der Waals surface area contributed by atoms with Crippen LogP contribution in [0.4, 0.5) is 0 Å². The third-order valence-corrected chi connectivity index (χ3v) is 7.39. The van der Waals surface area contributed by atoms with Crippen LogP contribution in [0.3, 0.4) is 0 Å². The Morgan fingerprint density at radius 3 is 1.52 bits per heavy atom. The summed E-state index contributed by atoms with van der Waals surface area (Å²) in [5.41, 5.74) is -1.11. The van der Waals surface area contributed by atoms with Crippen molar-refractivity contribution >= 4 is 23.9 Å². The van der Waals surface area contributed by atoms with Gasteiger partial charge in [-0.2, -0.15) is 0 Å². The Hall–Kier alpha value is -2.44. The molecule has 0 aromatic rings. The van der Waals surface area contributed by atoms with Crippen molar-refractivity contribution < 1.29 is 34.1 Å². The number of rotatable bonds is 4. The van der Waals surface area contributed by atoms with Crippen LogP contribution in [0.15, 0.2) is 22.3 Å². The molecule has 0 aromatic carbocycles. The summed E-state index contributed by atoms with van der Waals surface area (Å²) in [6.45, 7) is 3.44. The van der Waals surface area contributed by atoms with Gasteiger partial charge in [-0.25, -0.2) is 9.59 Å². The van der Waals surface area contributed by atoms with E-state index in [0.717, 1.165) is 0 Å². The van der Waals surface area contributed by atoms with Gasteiger partial charge in [0.2, 0.25) is 0 Å². The quantitative estimate of drug-likeness (QED) is 0.573. The first-order chi connectivity index (χ1) is 12.6. The van der Waals surface area contributed by atoms with E-state index in [-0.39, 0.29) is 23.0 Å². The van der Waals surface area contributed by atoms with Gasteiger partial charge >= 0.3 is 23.9 Å². The van der Waals surface area contributed by atoms with Crippen LogP contribution in [-0.2, 0) is 23.9 Å². The molecule has 0 heterocycles. The number of carboxylic acids is 2. The highest BCUT2D eigenvalue weighted by molar-refractivity contribution is 6.05. The molecule has 4 aliphatic rings. The van der Waals surface area contributed by atoms with Crippen molar-refractivity contribution in [3.8, 4) is 0 Å². The molecular formula is C20H22O7. The van der Waals surface area contributed by atoms with Crippen molar-refractivity contribution in [2.75, 3.05) is 0 Å². The predicted molar refractivity (Wildman–Crippen MR) is 91.3 cm³/mol. The molecule has 7 nitrogen and oxygen atoms in total. The van der Waals surface area contributed by atoms with Gasteiger partial charge in [0.25, 0.3) is 0 Å². The largest absolute Gasteiger partial charge is 0.478 e. The molecule has 0 saturated heterocycles. The fraction of sp³-hybridized carbons (Fsp3) is 0.600. The lowest BCUT2D eigenvalue weighted by molar-refractivity contribution is -0.173. The van der Waals surface area contributed by atoms with Gasteiger partial charge < -0.3 is 14.9 Å². The maximum Gasteiger partial charge on any atom is 0.332 e. The summed E-state index contributed by atoms with van der Waals surface area (Å²) in [5.74, 6) is -3.93. The topological polar surface area (TPSA) is 118 Å². The summed E-state index contributed by atoms with van der Waals surface area (Å²) in [6.07, 6.45) is 2.78. The van der Waals surface area contributed by atoms with Gasteiger partial charge in [0.15, 0.2) is 0 Å². The van der Waals surface area contributed by atoms with E-state index in [4.69, 9.17) is 4.74 Å². The molecule has 7 heteroatoms. The number of aliphatic carboxylic acids is 2. The molecule has 0 amide bonds. The minimum Gasteiger partial charge on any atom is -0.478 e. The smallest absolute Gasteiger partial charge is 0.332 e. The molecule has 0 radical (unpaired) electrons. The van der Waals surface area contributed by atoms with E-state index in [2.05, 4.69) is 0 Å². The summed E-state index contributed by atoms with van der Waals surface area (Å²) < 4.78 is 5.24. The number of carboxylic acid groups (broad SMARTS) is 2. The van der Waals surface area contributed by atoms with E-state index in [0.29, 0.717) is 49.7 Å². The minimum absolute atomic E-state index is 0.0241. The van der Waals surface area contributed by atoms with Crippen molar-refractivity contribution in [1.29, 1.82) is 0 Å². The molecular weight excluding hydrogens is 352 g/mol. The zero-order valence-corrected chi connectivity index (χ0v) is 15.3. The Balaban J connectivity index is 1.64. The molecule has 144 valence electrons. The van der Waals surface area contributed by atoms with E-state index < -0.39 is 34.7 Å². The van der Waals surface area contributed by atoms with Crippen molar-refractivity contribution in [2.45, 2.75) is 52.4 Å². The van der Waals surface area contributed by atoms with E-state index in [1.54, 1.807) is 13.8 Å². The van der Waals surface area contributed by atoms with E-state index >= 15 is 0 Å². The minimum atomic E-state index is -1.29. The second-order valence-electron chi connectivity index (χ2n) is 8.45. The third kappa shape index (κ3) is 2.14. The van der Waals surface area contributed by atoms with Crippen LogP contribution in [0.5, 0.6) is 0 Å². The second kappa shape index (κ2) is 5.53. The zero-order chi connectivity index (χ0) is 19.7. The van der Waals surface area contributed by atoms with Gasteiger partial charge in [-0.05, 0) is 64.2 Å². The SMILES string of the molecule is CC1=C(C(=O)O)C2(C(=O)OC(=O)C34CCC(C3)C(C)=C4C(=O)O)CCC1C2. The summed E-state index contributed by atoms with van der Waals surface area (Å²) in [7, 11) is 0. The number of ether oxygens (including phenoxy) is 1. The Kier molecular flexibility index (Phi) is 3.68. The predicted octanol–water partition coefficient (Wildman–Crippen LogP) is 2.46. The lowest BCUT2D eigenvalue weighted by Gasteiger charge is -2.30. The van der Waals surface area contributed by atoms with Crippen molar-refractivity contribution in [1.82, 2.24) is 0 Å². The number of hydrogen-bond acceptors (Lipinski definition) is 5. The first-order valence-corrected chi connectivity index (χ1v) is 9.30. The number of esters is 2. The number of fused-ring (bicyclic) bond motifs is 4. The summed E-state index contributed by atoms with van der Waals surface area (Å²) in [4.78, 5) is 49.4.